The van der Waals surface area contributed by atoms with Crippen molar-refractivity contribution in [1.82, 2.24) is 5.32 Å². The van der Waals surface area contributed by atoms with Crippen molar-refractivity contribution in [2.24, 2.45) is 5.41 Å². The number of thiophene rings is 1. The first-order valence-corrected chi connectivity index (χ1v) is 6.56. The van der Waals surface area contributed by atoms with E-state index in [0.29, 0.717) is 11.5 Å². The Kier molecular flexibility index (Phi) is 4.35. The first-order valence-electron chi connectivity index (χ1n) is 5.74. The molecular formula is C13H23NS. The summed E-state index contributed by atoms with van der Waals surface area (Å²) in [6.45, 7) is 12.3. The molecule has 0 aliphatic heterocycles. The summed E-state index contributed by atoms with van der Waals surface area (Å²) in [4.78, 5) is 2.94. The summed E-state index contributed by atoms with van der Waals surface area (Å²) in [5.41, 5.74) is 0.360. The molecule has 1 N–H and O–H groups in total. The molecule has 0 aromatic carbocycles. The van der Waals surface area contributed by atoms with Gasteiger partial charge in [0.1, 0.15) is 0 Å². The topological polar surface area (TPSA) is 12.0 Å². The van der Waals surface area contributed by atoms with E-state index in [2.05, 4.69) is 52.1 Å². The van der Waals surface area contributed by atoms with Gasteiger partial charge in [-0.3, -0.25) is 0 Å². The molecule has 0 radical (unpaired) electrons. The summed E-state index contributed by atoms with van der Waals surface area (Å²) in [6.07, 6.45) is 1.15. The van der Waals surface area contributed by atoms with Gasteiger partial charge < -0.3 is 5.32 Å². The molecule has 1 nitrogen and oxygen atoms in total. The van der Waals surface area contributed by atoms with Crippen LogP contribution in [0.25, 0.3) is 0 Å². The lowest BCUT2D eigenvalue weighted by Crippen LogP contribution is -2.28. The highest BCUT2D eigenvalue weighted by Gasteiger charge is 2.13. The standard InChI is InChI=1S/C13H23NS/c1-6-11-7-8-12(15-11)10(2)14-9-13(3,4)5/h7-8,10,14H,6,9H2,1-5H3. The van der Waals surface area contributed by atoms with Gasteiger partial charge in [0, 0.05) is 22.3 Å². The third-order valence-electron chi connectivity index (χ3n) is 2.40. The van der Waals surface area contributed by atoms with Gasteiger partial charge in [0.05, 0.1) is 0 Å². The molecule has 0 bridgehead atoms. The van der Waals surface area contributed by atoms with Gasteiger partial charge in [0.25, 0.3) is 0 Å². The van der Waals surface area contributed by atoms with Crippen LogP contribution in [0.1, 0.15) is 50.4 Å². The summed E-state index contributed by atoms with van der Waals surface area (Å²) in [6, 6.07) is 4.98. The van der Waals surface area contributed by atoms with E-state index in [4.69, 9.17) is 0 Å². The Morgan fingerprint density at radius 1 is 1.33 bits per heavy atom. The van der Waals surface area contributed by atoms with Crippen molar-refractivity contribution in [3.63, 3.8) is 0 Å². The van der Waals surface area contributed by atoms with Crippen molar-refractivity contribution >= 4 is 11.3 Å². The Hall–Kier alpha value is -0.340. The molecule has 0 saturated carbocycles. The van der Waals surface area contributed by atoms with E-state index in [1.54, 1.807) is 0 Å². The summed E-state index contributed by atoms with van der Waals surface area (Å²) in [7, 11) is 0. The zero-order chi connectivity index (χ0) is 11.5. The maximum absolute atomic E-state index is 3.59. The second-order valence-corrected chi connectivity index (χ2v) is 6.52. The average molecular weight is 225 g/mol. The smallest absolute Gasteiger partial charge is 0.0386 e. The minimum absolute atomic E-state index is 0.360. The molecule has 0 spiro atoms. The van der Waals surface area contributed by atoms with Crippen LogP contribution < -0.4 is 5.32 Å². The van der Waals surface area contributed by atoms with Crippen LogP contribution in [-0.2, 0) is 6.42 Å². The fourth-order valence-corrected chi connectivity index (χ4v) is 2.36. The minimum Gasteiger partial charge on any atom is -0.309 e. The van der Waals surface area contributed by atoms with Crippen LogP contribution in [0.3, 0.4) is 0 Å². The van der Waals surface area contributed by atoms with E-state index in [1.165, 1.54) is 9.75 Å². The summed E-state index contributed by atoms with van der Waals surface area (Å²) < 4.78 is 0. The third kappa shape index (κ3) is 4.35. The molecule has 15 heavy (non-hydrogen) atoms. The first kappa shape index (κ1) is 12.7. The predicted octanol–water partition coefficient (Wildman–Crippen LogP) is 4.01. The molecule has 1 heterocycles. The largest absolute Gasteiger partial charge is 0.309 e. The van der Waals surface area contributed by atoms with Crippen molar-refractivity contribution < 1.29 is 0 Å². The predicted molar refractivity (Wildman–Crippen MR) is 69.6 cm³/mol. The zero-order valence-corrected chi connectivity index (χ0v) is 11.4. The minimum atomic E-state index is 0.360. The molecule has 1 aromatic rings. The van der Waals surface area contributed by atoms with E-state index >= 15 is 0 Å². The Morgan fingerprint density at radius 2 is 2.00 bits per heavy atom. The molecule has 1 atom stereocenters. The molecule has 1 aromatic heterocycles. The lowest BCUT2D eigenvalue weighted by Gasteiger charge is -2.22. The molecule has 0 fully saturated rings. The molecule has 0 aliphatic carbocycles. The molecule has 1 unspecified atom stereocenters. The van der Waals surface area contributed by atoms with Crippen molar-refractivity contribution in [2.75, 3.05) is 6.54 Å². The van der Waals surface area contributed by atoms with Gasteiger partial charge in [-0.25, -0.2) is 0 Å². The molecular weight excluding hydrogens is 202 g/mol. The van der Waals surface area contributed by atoms with Crippen LogP contribution in [0.2, 0.25) is 0 Å². The number of hydrogen-bond donors (Lipinski definition) is 1. The van der Waals surface area contributed by atoms with Crippen LogP contribution in [-0.4, -0.2) is 6.54 Å². The Labute approximate surface area is 97.9 Å². The maximum Gasteiger partial charge on any atom is 0.0386 e. The highest BCUT2D eigenvalue weighted by atomic mass is 32.1. The Bertz CT molecular complexity index is 296. The number of hydrogen-bond acceptors (Lipinski definition) is 2. The monoisotopic (exact) mass is 225 g/mol. The molecule has 86 valence electrons. The maximum atomic E-state index is 3.59. The molecule has 1 rings (SSSR count). The fourth-order valence-electron chi connectivity index (χ4n) is 1.38. The fraction of sp³-hybridized carbons (Fsp3) is 0.692. The van der Waals surface area contributed by atoms with Crippen molar-refractivity contribution in [2.45, 2.75) is 47.1 Å². The van der Waals surface area contributed by atoms with E-state index in [9.17, 15) is 0 Å². The number of rotatable bonds is 4. The third-order valence-corrected chi connectivity index (χ3v) is 3.81. The molecule has 0 amide bonds. The van der Waals surface area contributed by atoms with Gasteiger partial charge in [-0.2, -0.15) is 0 Å². The lowest BCUT2D eigenvalue weighted by atomic mass is 9.96. The van der Waals surface area contributed by atoms with E-state index in [0.717, 1.165) is 13.0 Å². The van der Waals surface area contributed by atoms with E-state index in [-0.39, 0.29) is 0 Å². The van der Waals surface area contributed by atoms with Crippen molar-refractivity contribution in [3.05, 3.63) is 21.9 Å². The Balaban J connectivity index is 2.50. The van der Waals surface area contributed by atoms with Crippen molar-refractivity contribution in [3.8, 4) is 0 Å². The first-order chi connectivity index (χ1) is 6.92. The summed E-state index contributed by atoms with van der Waals surface area (Å²) in [5, 5.41) is 3.59. The van der Waals surface area contributed by atoms with Crippen LogP contribution in [0, 0.1) is 5.41 Å². The van der Waals surface area contributed by atoms with Crippen molar-refractivity contribution in [1.29, 1.82) is 0 Å². The zero-order valence-electron chi connectivity index (χ0n) is 10.6. The van der Waals surface area contributed by atoms with Gasteiger partial charge in [-0.15, -0.1) is 11.3 Å². The average Bonchev–Trinajstić information content (AvgIpc) is 2.61. The molecule has 0 saturated heterocycles. The normalized spacial score (nSPS) is 14.2. The van der Waals surface area contributed by atoms with Gasteiger partial charge in [0.15, 0.2) is 0 Å². The van der Waals surface area contributed by atoms with E-state index in [1.807, 2.05) is 11.3 Å². The van der Waals surface area contributed by atoms with Gasteiger partial charge in [-0.1, -0.05) is 27.7 Å². The number of aryl methyl sites for hydroxylation is 1. The van der Waals surface area contributed by atoms with Crippen LogP contribution in [0.5, 0.6) is 0 Å². The second-order valence-electron chi connectivity index (χ2n) is 5.32. The summed E-state index contributed by atoms with van der Waals surface area (Å²) in [5.74, 6) is 0. The highest BCUT2D eigenvalue weighted by molar-refractivity contribution is 7.12. The van der Waals surface area contributed by atoms with Gasteiger partial charge in [-0.05, 0) is 30.9 Å². The van der Waals surface area contributed by atoms with Crippen LogP contribution in [0.4, 0.5) is 0 Å². The summed E-state index contributed by atoms with van der Waals surface area (Å²) >= 11 is 1.93. The molecule has 0 aliphatic rings. The van der Waals surface area contributed by atoms with Crippen LogP contribution in [0.15, 0.2) is 12.1 Å². The van der Waals surface area contributed by atoms with E-state index < -0.39 is 0 Å². The quantitative estimate of drug-likeness (QED) is 0.816. The second kappa shape index (κ2) is 5.13. The highest BCUT2D eigenvalue weighted by Crippen LogP contribution is 2.24. The Morgan fingerprint density at radius 3 is 2.47 bits per heavy atom. The van der Waals surface area contributed by atoms with Crippen LogP contribution >= 0.6 is 11.3 Å². The molecule has 2 heteroatoms. The number of nitrogens with one attached hydrogen (secondary N) is 1. The SMILES string of the molecule is CCc1ccc(C(C)NCC(C)(C)C)s1. The lowest BCUT2D eigenvalue weighted by molar-refractivity contribution is 0.361. The van der Waals surface area contributed by atoms with Gasteiger partial charge in [0.2, 0.25) is 0 Å². The van der Waals surface area contributed by atoms with Gasteiger partial charge >= 0.3 is 0 Å².